The zero-order valence-corrected chi connectivity index (χ0v) is 6.38. The van der Waals surface area contributed by atoms with Gasteiger partial charge in [-0.3, -0.25) is 4.79 Å². The largest absolute Gasteiger partial charge is 0.387 e. The summed E-state index contributed by atoms with van der Waals surface area (Å²) < 4.78 is 5.25. The van der Waals surface area contributed by atoms with Gasteiger partial charge in [0, 0.05) is 13.2 Å². The summed E-state index contributed by atoms with van der Waals surface area (Å²) in [6.07, 6.45) is 2.23. The zero-order valence-electron chi connectivity index (χ0n) is 6.38. The lowest BCUT2D eigenvalue weighted by Gasteiger charge is -2.08. The van der Waals surface area contributed by atoms with Crippen molar-refractivity contribution >= 4 is 5.91 Å². The Morgan fingerprint density at radius 3 is 3.09 bits per heavy atom. The van der Waals surface area contributed by atoms with Gasteiger partial charge in [-0.2, -0.15) is 0 Å². The van der Waals surface area contributed by atoms with E-state index in [1.165, 1.54) is 0 Å². The Kier molecular flexibility index (Phi) is 3.32. The predicted octanol–water partition coefficient (Wildman–Crippen LogP) is -0.726. The van der Waals surface area contributed by atoms with Crippen LogP contribution in [0.15, 0.2) is 0 Å². The van der Waals surface area contributed by atoms with E-state index in [9.17, 15) is 4.79 Å². The van der Waals surface area contributed by atoms with Crippen molar-refractivity contribution in [3.8, 4) is 0 Å². The van der Waals surface area contributed by atoms with Crippen molar-refractivity contribution in [3.63, 3.8) is 0 Å². The van der Waals surface area contributed by atoms with E-state index in [1.54, 1.807) is 0 Å². The lowest BCUT2D eigenvalue weighted by Crippen LogP contribution is -2.33. The third-order valence-electron chi connectivity index (χ3n) is 1.69. The molecule has 1 unspecified atom stereocenters. The molecule has 0 aromatic rings. The van der Waals surface area contributed by atoms with Crippen LogP contribution in [0.3, 0.4) is 0 Å². The molecular formula is C7H13NO3. The van der Waals surface area contributed by atoms with Crippen molar-refractivity contribution in [2.45, 2.75) is 18.9 Å². The van der Waals surface area contributed by atoms with Gasteiger partial charge in [0.2, 0.25) is 5.91 Å². The Hall–Kier alpha value is -0.610. The maximum Gasteiger partial charge on any atom is 0.245 e. The molecule has 1 aliphatic heterocycles. The van der Waals surface area contributed by atoms with Gasteiger partial charge in [-0.25, -0.2) is 0 Å². The highest BCUT2D eigenvalue weighted by Gasteiger charge is 2.15. The number of rotatable bonds is 3. The van der Waals surface area contributed by atoms with Gasteiger partial charge in [0.25, 0.3) is 0 Å². The van der Waals surface area contributed by atoms with E-state index in [-0.39, 0.29) is 12.0 Å². The fourth-order valence-electron chi connectivity index (χ4n) is 1.09. The molecule has 0 bridgehead atoms. The number of carbonyl (C=O) groups excluding carboxylic acids is 1. The fraction of sp³-hybridized carbons (Fsp3) is 0.857. The minimum Gasteiger partial charge on any atom is -0.387 e. The summed E-state index contributed by atoms with van der Waals surface area (Å²) in [6.45, 7) is 0.881. The monoisotopic (exact) mass is 159 g/mol. The average Bonchev–Trinajstić information content (AvgIpc) is 2.52. The van der Waals surface area contributed by atoms with E-state index >= 15 is 0 Å². The summed E-state index contributed by atoms with van der Waals surface area (Å²) in [6, 6.07) is 0. The molecule has 0 aromatic carbocycles. The number of amides is 1. The molecule has 4 nitrogen and oxygen atoms in total. The summed E-state index contributed by atoms with van der Waals surface area (Å²) >= 11 is 0. The highest BCUT2D eigenvalue weighted by atomic mass is 16.5. The zero-order chi connectivity index (χ0) is 8.10. The SMILES string of the molecule is O=C(CO)NCC1CCCO1. The maximum atomic E-state index is 10.6. The quantitative estimate of drug-likeness (QED) is 0.571. The van der Waals surface area contributed by atoms with Gasteiger partial charge >= 0.3 is 0 Å². The van der Waals surface area contributed by atoms with Crippen molar-refractivity contribution in [1.29, 1.82) is 0 Å². The van der Waals surface area contributed by atoms with Crippen LogP contribution in [0.25, 0.3) is 0 Å². The Balaban J connectivity index is 2.06. The van der Waals surface area contributed by atoms with E-state index in [2.05, 4.69) is 5.32 Å². The van der Waals surface area contributed by atoms with Crippen LogP contribution < -0.4 is 5.32 Å². The molecule has 2 N–H and O–H groups in total. The number of hydrogen-bond acceptors (Lipinski definition) is 3. The lowest BCUT2D eigenvalue weighted by atomic mass is 10.2. The molecule has 1 rings (SSSR count). The van der Waals surface area contributed by atoms with E-state index < -0.39 is 6.61 Å². The van der Waals surface area contributed by atoms with Gasteiger partial charge < -0.3 is 15.2 Å². The van der Waals surface area contributed by atoms with Gasteiger partial charge in [0.05, 0.1) is 6.10 Å². The van der Waals surface area contributed by atoms with Gasteiger partial charge in [-0.15, -0.1) is 0 Å². The van der Waals surface area contributed by atoms with E-state index in [0.29, 0.717) is 6.54 Å². The molecule has 11 heavy (non-hydrogen) atoms. The van der Waals surface area contributed by atoms with Crippen LogP contribution in [0, 0.1) is 0 Å². The smallest absolute Gasteiger partial charge is 0.245 e. The Bertz CT molecular complexity index is 132. The summed E-state index contributed by atoms with van der Waals surface area (Å²) in [7, 11) is 0. The van der Waals surface area contributed by atoms with Gasteiger partial charge in [-0.1, -0.05) is 0 Å². The van der Waals surface area contributed by atoms with E-state index in [0.717, 1.165) is 19.4 Å². The molecule has 1 aliphatic rings. The van der Waals surface area contributed by atoms with Gasteiger partial charge in [0.15, 0.2) is 0 Å². The second kappa shape index (κ2) is 4.31. The Labute approximate surface area is 65.5 Å². The molecule has 1 heterocycles. The number of nitrogens with one attached hydrogen (secondary N) is 1. The van der Waals surface area contributed by atoms with Crippen molar-refractivity contribution in [2.24, 2.45) is 0 Å². The number of hydrogen-bond donors (Lipinski definition) is 2. The van der Waals surface area contributed by atoms with Crippen molar-refractivity contribution < 1.29 is 14.6 Å². The molecular weight excluding hydrogens is 146 g/mol. The van der Waals surface area contributed by atoms with Crippen molar-refractivity contribution in [2.75, 3.05) is 19.8 Å². The van der Waals surface area contributed by atoms with Crippen LogP contribution in [0.4, 0.5) is 0 Å². The molecule has 0 aromatic heterocycles. The summed E-state index contributed by atoms with van der Waals surface area (Å²) in [4.78, 5) is 10.6. The van der Waals surface area contributed by atoms with Crippen molar-refractivity contribution in [1.82, 2.24) is 5.32 Å². The molecule has 0 spiro atoms. The maximum absolute atomic E-state index is 10.6. The number of carbonyl (C=O) groups is 1. The molecule has 1 saturated heterocycles. The molecule has 1 atom stereocenters. The van der Waals surface area contributed by atoms with Crippen molar-refractivity contribution in [3.05, 3.63) is 0 Å². The normalized spacial score (nSPS) is 23.5. The third-order valence-corrected chi connectivity index (χ3v) is 1.69. The van der Waals surface area contributed by atoms with Gasteiger partial charge in [-0.05, 0) is 12.8 Å². The molecule has 0 saturated carbocycles. The molecule has 64 valence electrons. The van der Waals surface area contributed by atoms with Gasteiger partial charge in [0.1, 0.15) is 6.61 Å². The molecule has 1 fully saturated rings. The second-order valence-electron chi connectivity index (χ2n) is 2.60. The van der Waals surface area contributed by atoms with E-state index in [4.69, 9.17) is 9.84 Å². The minimum atomic E-state index is -0.438. The highest BCUT2D eigenvalue weighted by Crippen LogP contribution is 2.10. The molecule has 0 aliphatic carbocycles. The Morgan fingerprint density at radius 1 is 1.73 bits per heavy atom. The first-order chi connectivity index (χ1) is 5.33. The first-order valence-corrected chi connectivity index (χ1v) is 3.82. The summed E-state index contributed by atoms with van der Waals surface area (Å²) in [5.41, 5.74) is 0. The van der Waals surface area contributed by atoms with Crippen LogP contribution in [0.5, 0.6) is 0 Å². The number of aliphatic hydroxyl groups excluding tert-OH is 1. The minimum absolute atomic E-state index is 0.158. The second-order valence-corrected chi connectivity index (χ2v) is 2.60. The third kappa shape index (κ3) is 2.86. The first kappa shape index (κ1) is 8.49. The fourth-order valence-corrected chi connectivity index (χ4v) is 1.09. The average molecular weight is 159 g/mol. The van der Waals surface area contributed by atoms with Crippen LogP contribution >= 0.6 is 0 Å². The van der Waals surface area contributed by atoms with Crippen LogP contribution in [0.1, 0.15) is 12.8 Å². The molecule has 4 heteroatoms. The highest BCUT2D eigenvalue weighted by molar-refractivity contribution is 5.76. The van der Waals surface area contributed by atoms with Crippen LogP contribution in [-0.2, 0) is 9.53 Å². The number of ether oxygens (including phenoxy) is 1. The molecule has 1 amide bonds. The molecule has 0 radical (unpaired) electrons. The van der Waals surface area contributed by atoms with Crippen LogP contribution in [0.2, 0.25) is 0 Å². The summed E-state index contributed by atoms with van der Waals surface area (Å²) in [5.74, 6) is -0.333. The van der Waals surface area contributed by atoms with E-state index in [1.807, 2.05) is 0 Å². The number of aliphatic hydroxyl groups is 1. The Morgan fingerprint density at radius 2 is 2.55 bits per heavy atom. The van der Waals surface area contributed by atoms with Crippen LogP contribution in [-0.4, -0.2) is 36.9 Å². The standard InChI is InChI=1S/C7H13NO3/c9-5-7(10)8-4-6-2-1-3-11-6/h6,9H,1-5H2,(H,8,10). The first-order valence-electron chi connectivity index (χ1n) is 3.82. The topological polar surface area (TPSA) is 58.6 Å². The lowest BCUT2D eigenvalue weighted by molar-refractivity contribution is -0.124. The summed E-state index contributed by atoms with van der Waals surface area (Å²) in [5, 5.41) is 10.9. The predicted molar refractivity (Wildman–Crippen MR) is 39.1 cm³/mol.